The highest BCUT2D eigenvalue weighted by molar-refractivity contribution is 5.96. The quantitative estimate of drug-likeness (QED) is 0.759. The lowest BCUT2D eigenvalue weighted by Crippen LogP contribution is -2.40. The van der Waals surface area contributed by atoms with Gasteiger partial charge in [-0.3, -0.25) is 4.79 Å². The molecule has 31 heavy (non-hydrogen) atoms. The Kier molecular flexibility index (Phi) is 6.33. The van der Waals surface area contributed by atoms with Gasteiger partial charge >= 0.3 is 0 Å². The predicted octanol–water partition coefficient (Wildman–Crippen LogP) is 4.60. The fourth-order valence-electron chi connectivity index (χ4n) is 4.70. The van der Waals surface area contributed by atoms with E-state index < -0.39 is 0 Å². The maximum atomic E-state index is 12.7. The number of para-hydroxylation sites is 1. The fourth-order valence-corrected chi connectivity index (χ4v) is 4.70. The maximum absolute atomic E-state index is 12.7. The number of nitrogens with zero attached hydrogens (tertiary/aromatic N) is 1. The second kappa shape index (κ2) is 9.15. The van der Waals surface area contributed by atoms with Crippen LogP contribution in [0.15, 0.2) is 48.5 Å². The van der Waals surface area contributed by atoms with Crippen LogP contribution in [0.4, 0.5) is 0 Å². The van der Waals surface area contributed by atoms with Gasteiger partial charge in [-0.1, -0.05) is 18.2 Å². The lowest BCUT2D eigenvalue weighted by molar-refractivity contribution is 0.0772. The van der Waals surface area contributed by atoms with Crippen molar-refractivity contribution in [1.82, 2.24) is 10.2 Å². The van der Waals surface area contributed by atoms with Crippen molar-refractivity contribution in [2.24, 2.45) is 0 Å². The minimum absolute atomic E-state index is 0.0582. The summed E-state index contributed by atoms with van der Waals surface area (Å²) in [6.45, 7) is 7.19. The van der Waals surface area contributed by atoms with E-state index in [0.717, 1.165) is 61.2 Å². The van der Waals surface area contributed by atoms with E-state index >= 15 is 0 Å². The summed E-state index contributed by atoms with van der Waals surface area (Å²) in [6, 6.07) is 13.3. The van der Waals surface area contributed by atoms with E-state index in [4.69, 9.17) is 4.74 Å². The summed E-state index contributed by atoms with van der Waals surface area (Å²) in [6.07, 6.45) is 6.14. The molecule has 0 atom stereocenters. The molecule has 4 rings (SSSR count). The van der Waals surface area contributed by atoms with Crippen LogP contribution in [0, 0.1) is 0 Å². The molecule has 1 fully saturated rings. The highest BCUT2D eigenvalue weighted by Crippen LogP contribution is 2.45. The number of nitrogens with one attached hydrogen (secondary N) is 1. The van der Waals surface area contributed by atoms with Crippen LogP contribution < -0.4 is 10.1 Å². The van der Waals surface area contributed by atoms with E-state index in [1.807, 2.05) is 50.2 Å². The van der Waals surface area contributed by atoms with Crippen molar-refractivity contribution in [2.45, 2.75) is 45.1 Å². The smallest absolute Gasteiger partial charge is 0.253 e. The molecule has 1 spiro atoms. The van der Waals surface area contributed by atoms with Crippen LogP contribution in [-0.2, 0) is 0 Å². The molecular formula is C26H32N2O3. The lowest BCUT2D eigenvalue weighted by atomic mass is 9.82. The second-order valence-electron chi connectivity index (χ2n) is 8.39. The van der Waals surface area contributed by atoms with Crippen molar-refractivity contribution in [3.63, 3.8) is 0 Å². The molecule has 1 amide bonds. The zero-order valence-corrected chi connectivity index (χ0v) is 18.5. The third kappa shape index (κ3) is 4.33. The minimum atomic E-state index is -0.367. The van der Waals surface area contributed by atoms with E-state index in [0.29, 0.717) is 18.7 Å². The van der Waals surface area contributed by atoms with Gasteiger partial charge in [0.05, 0.1) is 0 Å². The number of ether oxygens (including phenoxy) is 1. The first kappa shape index (κ1) is 21.4. The molecular weight excluding hydrogens is 388 g/mol. The number of carbonyl (C=O) groups excluding carboxylic acids is 1. The Morgan fingerprint density at radius 3 is 2.45 bits per heavy atom. The van der Waals surface area contributed by atoms with Gasteiger partial charge in [-0.25, -0.2) is 0 Å². The van der Waals surface area contributed by atoms with Crippen LogP contribution in [0.25, 0.3) is 5.57 Å². The molecule has 5 heteroatoms. The van der Waals surface area contributed by atoms with Crippen molar-refractivity contribution in [3.8, 4) is 11.5 Å². The average molecular weight is 421 g/mol. The molecule has 2 aliphatic heterocycles. The molecule has 2 N–H and O–H groups in total. The standard InChI is InChI=1S/C26H32N2O3/c1-3-28(4-2)25(30)19-11-12-20(23(29)17-19)22-18-26(13-7-15-27-16-8-14-26)31-24-10-6-5-9-21(22)24/h5-6,9-12,17-18,27,29H,3-4,7-8,13-16H2,1-2H3. The topological polar surface area (TPSA) is 61.8 Å². The first-order valence-electron chi connectivity index (χ1n) is 11.4. The second-order valence-corrected chi connectivity index (χ2v) is 8.39. The Morgan fingerprint density at radius 1 is 1.06 bits per heavy atom. The Hall–Kier alpha value is -2.79. The summed E-state index contributed by atoms with van der Waals surface area (Å²) >= 11 is 0. The van der Waals surface area contributed by atoms with Gasteiger partial charge in [0.25, 0.3) is 5.91 Å². The van der Waals surface area contributed by atoms with E-state index in [2.05, 4.69) is 11.4 Å². The Balaban J connectivity index is 1.76. The average Bonchev–Trinajstić information content (AvgIpc) is 2.77. The van der Waals surface area contributed by atoms with E-state index in [1.165, 1.54) is 0 Å². The molecule has 0 aromatic heterocycles. The van der Waals surface area contributed by atoms with Crippen molar-refractivity contribution in [1.29, 1.82) is 0 Å². The largest absolute Gasteiger partial charge is 0.507 e. The molecule has 0 aliphatic carbocycles. The molecule has 0 bridgehead atoms. The molecule has 2 aliphatic rings. The lowest BCUT2D eigenvalue weighted by Gasteiger charge is -2.38. The summed E-state index contributed by atoms with van der Waals surface area (Å²) < 4.78 is 6.56. The summed E-state index contributed by atoms with van der Waals surface area (Å²) in [7, 11) is 0. The number of hydrogen-bond acceptors (Lipinski definition) is 4. The minimum Gasteiger partial charge on any atom is -0.507 e. The number of phenolic OH excluding ortho intramolecular Hbond substituents is 1. The molecule has 5 nitrogen and oxygen atoms in total. The number of fused-ring (bicyclic) bond motifs is 1. The molecule has 2 aromatic carbocycles. The van der Waals surface area contributed by atoms with Gasteiger partial charge in [0.1, 0.15) is 17.1 Å². The third-order valence-corrected chi connectivity index (χ3v) is 6.39. The zero-order chi connectivity index (χ0) is 21.8. The molecule has 164 valence electrons. The normalized spacial score (nSPS) is 17.7. The molecule has 2 aromatic rings. The Morgan fingerprint density at radius 2 is 1.77 bits per heavy atom. The molecule has 0 unspecified atom stereocenters. The van der Waals surface area contributed by atoms with Crippen LogP contribution in [0.3, 0.4) is 0 Å². The van der Waals surface area contributed by atoms with E-state index in [-0.39, 0.29) is 17.3 Å². The van der Waals surface area contributed by atoms with Gasteiger partial charge in [0.15, 0.2) is 0 Å². The summed E-state index contributed by atoms with van der Waals surface area (Å²) in [5.74, 6) is 0.928. The monoisotopic (exact) mass is 420 g/mol. The Labute approximate surface area is 184 Å². The third-order valence-electron chi connectivity index (χ3n) is 6.39. The first-order chi connectivity index (χ1) is 15.1. The van der Waals surface area contributed by atoms with Gasteiger partial charge in [0, 0.05) is 29.8 Å². The van der Waals surface area contributed by atoms with Gasteiger partial charge in [0.2, 0.25) is 0 Å². The van der Waals surface area contributed by atoms with Crippen LogP contribution in [0.1, 0.15) is 61.0 Å². The van der Waals surface area contributed by atoms with E-state index in [9.17, 15) is 9.90 Å². The molecule has 0 radical (unpaired) electrons. The molecule has 1 saturated heterocycles. The van der Waals surface area contributed by atoms with Crippen molar-refractivity contribution < 1.29 is 14.6 Å². The SMILES string of the molecule is CCN(CC)C(=O)c1ccc(C2=CC3(CCCNCCC3)Oc3ccccc32)c(O)c1. The summed E-state index contributed by atoms with van der Waals surface area (Å²) in [4.78, 5) is 14.5. The number of benzene rings is 2. The molecule has 2 heterocycles. The Bertz CT molecular complexity index is 970. The van der Waals surface area contributed by atoms with Gasteiger partial charge in [-0.2, -0.15) is 0 Å². The number of amides is 1. The number of aromatic hydroxyl groups is 1. The van der Waals surface area contributed by atoms with Crippen molar-refractivity contribution >= 4 is 11.5 Å². The van der Waals surface area contributed by atoms with Crippen molar-refractivity contribution in [3.05, 3.63) is 65.2 Å². The number of hydrogen-bond donors (Lipinski definition) is 2. The maximum Gasteiger partial charge on any atom is 0.253 e. The van der Waals surface area contributed by atoms with Crippen LogP contribution in [0.2, 0.25) is 0 Å². The van der Waals surface area contributed by atoms with Gasteiger partial charge < -0.3 is 20.1 Å². The van der Waals surface area contributed by atoms with E-state index in [1.54, 1.807) is 11.0 Å². The van der Waals surface area contributed by atoms with Gasteiger partial charge in [-0.15, -0.1) is 0 Å². The van der Waals surface area contributed by atoms with Crippen LogP contribution >= 0.6 is 0 Å². The summed E-state index contributed by atoms with van der Waals surface area (Å²) in [5.41, 5.74) is 2.85. The zero-order valence-electron chi connectivity index (χ0n) is 18.5. The number of carbonyl (C=O) groups is 1. The molecule has 0 saturated carbocycles. The van der Waals surface area contributed by atoms with Crippen LogP contribution in [0.5, 0.6) is 11.5 Å². The highest BCUT2D eigenvalue weighted by atomic mass is 16.5. The first-order valence-corrected chi connectivity index (χ1v) is 11.4. The van der Waals surface area contributed by atoms with Gasteiger partial charge in [-0.05, 0) is 88.5 Å². The van der Waals surface area contributed by atoms with Crippen LogP contribution in [-0.4, -0.2) is 47.7 Å². The number of rotatable bonds is 4. The highest BCUT2D eigenvalue weighted by Gasteiger charge is 2.36. The van der Waals surface area contributed by atoms with Crippen molar-refractivity contribution in [2.75, 3.05) is 26.2 Å². The number of phenols is 1. The predicted molar refractivity (Wildman–Crippen MR) is 124 cm³/mol. The fraction of sp³-hybridized carbons (Fsp3) is 0.423. The summed E-state index contributed by atoms with van der Waals surface area (Å²) in [5, 5.41) is 14.4.